The van der Waals surface area contributed by atoms with Crippen molar-refractivity contribution in [3.63, 3.8) is 0 Å². The molecule has 0 aliphatic carbocycles. The SMILES string of the molecule is Cc1ccccc1CNCCOC(=O)c1cccnc1. The smallest absolute Gasteiger partial charge is 0.339 e. The van der Waals surface area contributed by atoms with Crippen LogP contribution in [0.15, 0.2) is 48.8 Å². The fourth-order valence-electron chi connectivity index (χ4n) is 1.81. The Balaban J connectivity index is 1.67. The Morgan fingerprint density at radius 1 is 1.25 bits per heavy atom. The highest BCUT2D eigenvalue weighted by Gasteiger charge is 2.05. The molecule has 2 aromatic rings. The number of carbonyl (C=O) groups is 1. The Hall–Kier alpha value is -2.20. The molecule has 20 heavy (non-hydrogen) atoms. The van der Waals surface area contributed by atoms with Crippen LogP contribution in [-0.4, -0.2) is 24.1 Å². The number of carbonyl (C=O) groups excluding carboxylic acids is 1. The Labute approximate surface area is 118 Å². The van der Waals surface area contributed by atoms with Crippen molar-refractivity contribution in [3.8, 4) is 0 Å². The number of nitrogens with one attached hydrogen (secondary N) is 1. The maximum Gasteiger partial charge on any atom is 0.339 e. The molecule has 1 N–H and O–H groups in total. The molecule has 0 fully saturated rings. The first-order chi connectivity index (χ1) is 9.77. The lowest BCUT2D eigenvalue weighted by atomic mass is 10.1. The first-order valence-electron chi connectivity index (χ1n) is 6.60. The van der Waals surface area contributed by atoms with Gasteiger partial charge in [0.2, 0.25) is 0 Å². The van der Waals surface area contributed by atoms with Gasteiger partial charge in [0.1, 0.15) is 6.61 Å². The second-order valence-electron chi connectivity index (χ2n) is 4.48. The van der Waals surface area contributed by atoms with Gasteiger partial charge in [-0.15, -0.1) is 0 Å². The molecule has 4 nitrogen and oxygen atoms in total. The summed E-state index contributed by atoms with van der Waals surface area (Å²) < 4.78 is 5.15. The molecule has 104 valence electrons. The fourth-order valence-corrected chi connectivity index (χ4v) is 1.81. The Bertz CT molecular complexity index is 555. The molecule has 0 atom stereocenters. The molecule has 0 amide bonds. The molecule has 0 saturated carbocycles. The number of ether oxygens (including phenoxy) is 1. The largest absolute Gasteiger partial charge is 0.461 e. The summed E-state index contributed by atoms with van der Waals surface area (Å²) in [7, 11) is 0. The quantitative estimate of drug-likeness (QED) is 0.646. The van der Waals surface area contributed by atoms with Gasteiger partial charge in [0.25, 0.3) is 0 Å². The van der Waals surface area contributed by atoms with E-state index in [1.54, 1.807) is 18.3 Å². The van der Waals surface area contributed by atoms with Crippen molar-refractivity contribution in [2.45, 2.75) is 13.5 Å². The lowest BCUT2D eigenvalue weighted by Crippen LogP contribution is -2.21. The Kier molecular flexibility index (Phi) is 5.26. The van der Waals surface area contributed by atoms with E-state index >= 15 is 0 Å². The van der Waals surface area contributed by atoms with Crippen molar-refractivity contribution in [3.05, 3.63) is 65.5 Å². The van der Waals surface area contributed by atoms with E-state index in [0.29, 0.717) is 18.7 Å². The van der Waals surface area contributed by atoms with Crippen LogP contribution in [-0.2, 0) is 11.3 Å². The first-order valence-corrected chi connectivity index (χ1v) is 6.60. The van der Waals surface area contributed by atoms with Crippen LogP contribution in [0.3, 0.4) is 0 Å². The van der Waals surface area contributed by atoms with E-state index in [9.17, 15) is 4.79 Å². The number of pyridine rings is 1. The fraction of sp³-hybridized carbons (Fsp3) is 0.250. The molecule has 0 aliphatic rings. The number of benzene rings is 1. The van der Waals surface area contributed by atoms with Crippen LogP contribution in [0.5, 0.6) is 0 Å². The van der Waals surface area contributed by atoms with E-state index in [4.69, 9.17) is 4.74 Å². The third kappa shape index (κ3) is 4.17. The molecular weight excluding hydrogens is 252 g/mol. The van der Waals surface area contributed by atoms with Gasteiger partial charge in [-0.2, -0.15) is 0 Å². The number of aromatic nitrogens is 1. The number of rotatable bonds is 6. The zero-order chi connectivity index (χ0) is 14.2. The summed E-state index contributed by atoms with van der Waals surface area (Å²) in [6.45, 7) is 3.83. The summed E-state index contributed by atoms with van der Waals surface area (Å²) in [5.41, 5.74) is 2.99. The third-order valence-corrected chi connectivity index (χ3v) is 2.99. The molecule has 0 aliphatic heterocycles. The van der Waals surface area contributed by atoms with Crippen LogP contribution in [0.25, 0.3) is 0 Å². The topological polar surface area (TPSA) is 51.2 Å². The highest BCUT2D eigenvalue weighted by Crippen LogP contribution is 2.05. The Morgan fingerprint density at radius 2 is 2.10 bits per heavy atom. The lowest BCUT2D eigenvalue weighted by Gasteiger charge is -2.08. The lowest BCUT2D eigenvalue weighted by molar-refractivity contribution is 0.0508. The molecule has 0 spiro atoms. The van der Waals surface area contributed by atoms with Crippen molar-refractivity contribution in [2.75, 3.05) is 13.2 Å². The molecule has 1 aromatic heterocycles. The monoisotopic (exact) mass is 270 g/mol. The second-order valence-corrected chi connectivity index (χ2v) is 4.48. The van der Waals surface area contributed by atoms with Gasteiger partial charge in [-0.25, -0.2) is 4.79 Å². The van der Waals surface area contributed by atoms with Crippen molar-refractivity contribution >= 4 is 5.97 Å². The normalized spacial score (nSPS) is 10.2. The molecular formula is C16H18N2O2. The van der Waals surface area contributed by atoms with E-state index in [1.165, 1.54) is 17.3 Å². The highest BCUT2D eigenvalue weighted by molar-refractivity contribution is 5.88. The van der Waals surface area contributed by atoms with Crippen molar-refractivity contribution in [1.82, 2.24) is 10.3 Å². The predicted molar refractivity (Wildman–Crippen MR) is 77.4 cm³/mol. The maximum atomic E-state index is 11.6. The first kappa shape index (κ1) is 14.2. The van der Waals surface area contributed by atoms with E-state index in [2.05, 4.69) is 29.4 Å². The van der Waals surface area contributed by atoms with E-state index in [0.717, 1.165) is 6.54 Å². The zero-order valence-corrected chi connectivity index (χ0v) is 11.5. The van der Waals surface area contributed by atoms with Crippen molar-refractivity contribution in [2.24, 2.45) is 0 Å². The molecule has 4 heteroatoms. The Morgan fingerprint density at radius 3 is 2.85 bits per heavy atom. The maximum absolute atomic E-state index is 11.6. The van der Waals surface area contributed by atoms with Crippen LogP contribution in [0.2, 0.25) is 0 Å². The number of hydrogen-bond acceptors (Lipinski definition) is 4. The summed E-state index contributed by atoms with van der Waals surface area (Å²) in [5, 5.41) is 3.26. The molecule has 1 heterocycles. The molecule has 2 rings (SSSR count). The molecule has 0 unspecified atom stereocenters. The van der Waals surface area contributed by atoms with Crippen LogP contribution < -0.4 is 5.32 Å². The minimum Gasteiger partial charge on any atom is -0.461 e. The predicted octanol–water partition coefficient (Wildman–Crippen LogP) is 2.34. The van der Waals surface area contributed by atoms with Crippen LogP contribution in [0.4, 0.5) is 0 Å². The van der Waals surface area contributed by atoms with Gasteiger partial charge >= 0.3 is 5.97 Å². The van der Waals surface area contributed by atoms with E-state index in [1.807, 2.05) is 12.1 Å². The van der Waals surface area contributed by atoms with Crippen LogP contribution in [0, 0.1) is 6.92 Å². The minimum atomic E-state index is -0.337. The van der Waals surface area contributed by atoms with Gasteiger partial charge in [-0.3, -0.25) is 4.98 Å². The second kappa shape index (κ2) is 7.40. The molecule has 0 saturated heterocycles. The third-order valence-electron chi connectivity index (χ3n) is 2.99. The van der Waals surface area contributed by atoms with Crippen molar-refractivity contribution in [1.29, 1.82) is 0 Å². The summed E-state index contributed by atoms with van der Waals surface area (Å²) >= 11 is 0. The summed E-state index contributed by atoms with van der Waals surface area (Å²) in [5.74, 6) is -0.337. The van der Waals surface area contributed by atoms with Gasteiger partial charge in [-0.1, -0.05) is 24.3 Å². The van der Waals surface area contributed by atoms with E-state index < -0.39 is 0 Å². The number of hydrogen-bond donors (Lipinski definition) is 1. The van der Waals surface area contributed by atoms with Crippen LogP contribution in [0.1, 0.15) is 21.5 Å². The minimum absolute atomic E-state index is 0.337. The van der Waals surface area contributed by atoms with Crippen molar-refractivity contribution < 1.29 is 9.53 Å². The highest BCUT2D eigenvalue weighted by atomic mass is 16.5. The van der Waals surface area contributed by atoms with Crippen LogP contribution >= 0.6 is 0 Å². The van der Waals surface area contributed by atoms with Gasteiger partial charge in [-0.05, 0) is 30.2 Å². The average Bonchev–Trinajstić information content (AvgIpc) is 2.49. The molecule has 0 radical (unpaired) electrons. The zero-order valence-electron chi connectivity index (χ0n) is 11.5. The van der Waals surface area contributed by atoms with Gasteiger partial charge < -0.3 is 10.1 Å². The average molecular weight is 270 g/mol. The van der Waals surface area contributed by atoms with Gasteiger partial charge in [0.05, 0.1) is 5.56 Å². The number of nitrogens with zero attached hydrogens (tertiary/aromatic N) is 1. The molecule has 1 aromatic carbocycles. The number of esters is 1. The van der Waals surface area contributed by atoms with Gasteiger partial charge in [0, 0.05) is 25.5 Å². The van der Waals surface area contributed by atoms with E-state index in [-0.39, 0.29) is 5.97 Å². The summed E-state index contributed by atoms with van der Waals surface area (Å²) in [6.07, 6.45) is 3.13. The van der Waals surface area contributed by atoms with Gasteiger partial charge in [0.15, 0.2) is 0 Å². The standard InChI is InChI=1S/C16H18N2O2/c1-13-5-2-3-6-14(13)11-18-9-10-20-16(19)15-7-4-8-17-12-15/h2-8,12,18H,9-11H2,1H3. The number of aryl methyl sites for hydroxylation is 1. The molecule has 0 bridgehead atoms. The summed E-state index contributed by atoms with van der Waals surface area (Å²) in [4.78, 5) is 15.5. The summed E-state index contributed by atoms with van der Waals surface area (Å²) in [6, 6.07) is 11.6.